The summed E-state index contributed by atoms with van der Waals surface area (Å²) in [4.78, 5) is 36.3. The number of carboxylic acid groups (broad SMARTS) is 1. The molecule has 124 valence electrons. The van der Waals surface area contributed by atoms with Crippen LogP contribution in [0, 0.1) is 0 Å². The van der Waals surface area contributed by atoms with Crippen molar-refractivity contribution >= 4 is 32.8 Å². The zero-order valence-electron chi connectivity index (χ0n) is 12.8. The first kappa shape index (κ1) is 17.5. The molecule has 7 heteroatoms. The van der Waals surface area contributed by atoms with Crippen molar-refractivity contribution in [2.24, 2.45) is 0 Å². The van der Waals surface area contributed by atoms with Gasteiger partial charge in [-0.05, 0) is 0 Å². The number of esters is 1. The monoisotopic (exact) mass is 385 g/mol. The van der Waals surface area contributed by atoms with Gasteiger partial charge in [-0.25, -0.2) is 0 Å². The predicted octanol–water partition coefficient (Wildman–Crippen LogP) is 0.856. The molecule has 1 aromatic rings. The van der Waals surface area contributed by atoms with Crippen molar-refractivity contribution in [3.63, 3.8) is 0 Å². The van der Waals surface area contributed by atoms with E-state index in [1.807, 2.05) is 30.3 Å². The summed E-state index contributed by atoms with van der Waals surface area (Å²) in [5, 5.41) is 9.85. The summed E-state index contributed by atoms with van der Waals surface area (Å²) in [5.74, 6) is -1.93. The Bertz CT molecular complexity index is 577. The molecule has 2 rings (SSSR count). The number of hydrogen-bond donors (Lipinski definition) is 1. The molecule has 2 atom stereocenters. The summed E-state index contributed by atoms with van der Waals surface area (Å²) in [6.45, 7) is 1.82. The van der Waals surface area contributed by atoms with Crippen LogP contribution in [0.15, 0.2) is 30.3 Å². The number of nitrogens with zero attached hydrogens (tertiary/aromatic N) is 1. The maximum atomic E-state index is 12.0. The van der Waals surface area contributed by atoms with Crippen LogP contribution in [-0.2, 0) is 24.4 Å². The fraction of sp³-hybridized carbons (Fsp3) is 0.438. The number of amides is 1. The van der Waals surface area contributed by atoms with Crippen LogP contribution in [0.5, 0.6) is 0 Å². The third-order valence-corrected chi connectivity index (χ3v) is 6.18. The second kappa shape index (κ2) is 8.13. The molecule has 23 heavy (non-hydrogen) atoms. The second-order valence-corrected chi connectivity index (χ2v) is 7.57. The van der Waals surface area contributed by atoms with Crippen LogP contribution >= 0.6 is 0 Å². The van der Waals surface area contributed by atoms with E-state index in [2.05, 4.69) is 0 Å². The Kier molecular flexibility index (Phi) is 6.19. The molecule has 1 aliphatic heterocycles. The molecule has 0 aromatic heterocycles. The minimum absolute atomic E-state index is 0.0519. The molecule has 1 N–H and O–H groups in total. The van der Waals surface area contributed by atoms with Gasteiger partial charge in [-0.1, -0.05) is 0 Å². The second-order valence-electron chi connectivity index (χ2n) is 5.12. The Morgan fingerprint density at radius 2 is 2.09 bits per heavy atom. The van der Waals surface area contributed by atoms with Gasteiger partial charge in [-0.15, -0.1) is 0 Å². The fourth-order valence-electron chi connectivity index (χ4n) is 2.38. The summed E-state index contributed by atoms with van der Waals surface area (Å²) < 4.78 is 4.93. The van der Waals surface area contributed by atoms with Gasteiger partial charge in [0, 0.05) is 0 Å². The minimum atomic E-state index is -1.11. The molecule has 0 radical (unpaired) electrons. The van der Waals surface area contributed by atoms with Crippen molar-refractivity contribution in [3.8, 4) is 0 Å². The Balaban J connectivity index is 2.02. The molecule has 0 aliphatic carbocycles. The predicted molar refractivity (Wildman–Crippen MR) is 83.8 cm³/mol. The summed E-state index contributed by atoms with van der Waals surface area (Å²) >= 11 is 0.0819. The molecular formula is C16H19NO5Se. The van der Waals surface area contributed by atoms with Gasteiger partial charge in [0.05, 0.1) is 0 Å². The molecule has 0 saturated carbocycles. The van der Waals surface area contributed by atoms with Crippen LogP contribution in [0.2, 0.25) is 0 Å². The van der Waals surface area contributed by atoms with Crippen LogP contribution in [0.4, 0.5) is 0 Å². The van der Waals surface area contributed by atoms with Crippen molar-refractivity contribution in [1.29, 1.82) is 0 Å². The van der Waals surface area contributed by atoms with E-state index >= 15 is 0 Å². The van der Waals surface area contributed by atoms with Gasteiger partial charge < -0.3 is 0 Å². The van der Waals surface area contributed by atoms with E-state index in [1.54, 1.807) is 6.92 Å². The molecule has 2 unspecified atom stereocenters. The Hall–Kier alpha value is -1.85. The van der Waals surface area contributed by atoms with Crippen molar-refractivity contribution in [1.82, 2.24) is 4.90 Å². The van der Waals surface area contributed by atoms with E-state index in [0.29, 0.717) is 6.42 Å². The molecular weight excluding hydrogens is 365 g/mol. The van der Waals surface area contributed by atoms with Gasteiger partial charge in [-0.3, -0.25) is 0 Å². The van der Waals surface area contributed by atoms with Gasteiger partial charge >= 0.3 is 140 Å². The van der Waals surface area contributed by atoms with Crippen LogP contribution < -0.4 is 0 Å². The number of benzene rings is 1. The van der Waals surface area contributed by atoms with Crippen LogP contribution in [-0.4, -0.2) is 60.4 Å². The standard InChI is InChI=1S/C16H19NO5Se/c1-2-22-16(21)12(8-15(19)20)17-13(18)9-14(17)23-10-11-6-4-3-5-7-11/h3-7,12,14H,2,8-10H2,1H3,(H,19,20). The summed E-state index contributed by atoms with van der Waals surface area (Å²) in [6, 6.07) is 8.89. The number of carboxylic acids is 1. The number of rotatable bonds is 8. The number of ether oxygens (including phenoxy) is 1. The van der Waals surface area contributed by atoms with E-state index in [9.17, 15) is 14.4 Å². The average Bonchev–Trinajstić information content (AvgIpc) is 2.51. The third-order valence-electron chi connectivity index (χ3n) is 3.50. The molecule has 1 saturated heterocycles. The number of aliphatic carboxylic acids is 1. The fourth-order valence-corrected chi connectivity index (χ4v) is 5.03. The zero-order valence-corrected chi connectivity index (χ0v) is 14.5. The van der Waals surface area contributed by atoms with Crippen molar-refractivity contribution < 1.29 is 24.2 Å². The van der Waals surface area contributed by atoms with Crippen molar-refractivity contribution in [2.45, 2.75) is 36.1 Å². The molecule has 1 fully saturated rings. The van der Waals surface area contributed by atoms with Gasteiger partial charge in [0.25, 0.3) is 0 Å². The number of carbonyl (C=O) groups excluding carboxylic acids is 2. The summed E-state index contributed by atoms with van der Waals surface area (Å²) in [6.07, 6.45) is -0.0369. The van der Waals surface area contributed by atoms with Crippen molar-refractivity contribution in [3.05, 3.63) is 35.9 Å². The van der Waals surface area contributed by atoms with Crippen LogP contribution in [0.1, 0.15) is 25.3 Å². The molecule has 1 aromatic carbocycles. The first-order valence-electron chi connectivity index (χ1n) is 7.38. The third kappa shape index (κ3) is 4.56. The number of likely N-dealkylation sites (tertiary alicyclic amines) is 1. The van der Waals surface area contributed by atoms with Crippen LogP contribution in [0.3, 0.4) is 0 Å². The summed E-state index contributed by atoms with van der Waals surface area (Å²) in [7, 11) is 0. The van der Waals surface area contributed by atoms with Gasteiger partial charge in [0.15, 0.2) is 0 Å². The van der Waals surface area contributed by atoms with Crippen LogP contribution in [0.25, 0.3) is 0 Å². The van der Waals surface area contributed by atoms with E-state index in [0.717, 1.165) is 5.32 Å². The molecule has 1 aliphatic rings. The van der Waals surface area contributed by atoms with E-state index in [4.69, 9.17) is 9.84 Å². The average molecular weight is 384 g/mol. The molecule has 6 nitrogen and oxygen atoms in total. The van der Waals surface area contributed by atoms with Gasteiger partial charge in [0.2, 0.25) is 0 Å². The summed E-state index contributed by atoms with van der Waals surface area (Å²) in [5.41, 5.74) is 1.18. The number of hydrogen-bond acceptors (Lipinski definition) is 4. The first-order valence-corrected chi connectivity index (χ1v) is 9.58. The molecule has 0 bridgehead atoms. The SMILES string of the molecule is CCOC(=O)C(CC(=O)O)N1C(=O)CC1[Se]Cc1ccccc1. The Labute approximate surface area is 141 Å². The van der Waals surface area contributed by atoms with E-state index < -0.39 is 24.4 Å². The topological polar surface area (TPSA) is 83.9 Å². The molecule has 1 amide bonds. The Morgan fingerprint density at radius 3 is 2.65 bits per heavy atom. The van der Waals surface area contributed by atoms with E-state index in [-0.39, 0.29) is 32.4 Å². The van der Waals surface area contributed by atoms with E-state index in [1.165, 1.54) is 10.5 Å². The molecule has 0 spiro atoms. The zero-order chi connectivity index (χ0) is 16.8. The quantitative estimate of drug-likeness (QED) is 0.408. The van der Waals surface area contributed by atoms with Crippen molar-refractivity contribution in [2.75, 3.05) is 6.61 Å². The number of carbonyl (C=O) groups is 3. The number of β-lactam (4-membered cyclic amide) rings is 1. The van der Waals surface area contributed by atoms with Gasteiger partial charge in [-0.2, -0.15) is 0 Å². The normalized spacial score (nSPS) is 18.2. The maximum absolute atomic E-state index is 12.0. The van der Waals surface area contributed by atoms with Gasteiger partial charge in [0.1, 0.15) is 0 Å². The first-order chi connectivity index (χ1) is 11.0. The Morgan fingerprint density at radius 1 is 1.39 bits per heavy atom. The molecule has 1 heterocycles.